The summed E-state index contributed by atoms with van der Waals surface area (Å²) in [6.07, 6.45) is 20.9. The fourth-order valence-corrected chi connectivity index (χ4v) is 20.6. The van der Waals surface area contributed by atoms with Crippen molar-refractivity contribution in [3.63, 3.8) is 0 Å². The molecule has 95 heavy (non-hydrogen) atoms. The molecule has 0 bridgehead atoms. The number of benzene rings is 4. The fraction of sp³-hybridized carbons (Fsp3) is 0.603. The number of ether oxygens (including phenoxy) is 2. The Kier molecular flexibility index (Phi) is 30.4. The highest BCUT2D eigenvalue weighted by Crippen LogP contribution is 2.49. The molecule has 0 saturated heterocycles. The Morgan fingerprint density at radius 1 is 0.505 bits per heavy atom. The van der Waals surface area contributed by atoms with E-state index in [0.717, 1.165) is 67.3 Å². The van der Waals surface area contributed by atoms with E-state index in [2.05, 4.69) is 265 Å². The molecule has 7 atom stereocenters. The third kappa shape index (κ3) is 24.9. The monoisotopic (exact) mass is 1440 g/mol. The first-order chi connectivity index (χ1) is 43.9. The van der Waals surface area contributed by atoms with E-state index in [1.165, 1.54) is 46.9 Å². The van der Waals surface area contributed by atoms with Gasteiger partial charge in [-0.25, -0.2) is 0 Å². The summed E-state index contributed by atoms with van der Waals surface area (Å²) in [7, 11) is -5.64. The molecular weight excluding hydrogens is 1320 g/mol. The van der Waals surface area contributed by atoms with Crippen molar-refractivity contribution in [2.24, 2.45) is 11.8 Å². The van der Waals surface area contributed by atoms with Crippen LogP contribution in [0.5, 0.6) is 0 Å². The summed E-state index contributed by atoms with van der Waals surface area (Å²) < 4.78 is 38.7. The molecule has 4 aromatic carbocycles. The second-order valence-electron chi connectivity index (χ2n) is 32.7. The molecule has 2 aliphatic rings. The Morgan fingerprint density at radius 2 is 0.916 bits per heavy atom. The number of hydrogen-bond acceptors (Lipinski definition) is 13. The summed E-state index contributed by atoms with van der Waals surface area (Å²) >= 11 is 6.93. The first-order valence-electron chi connectivity index (χ1n) is 34.5. The molecule has 4 aromatic rings. The first-order valence-corrected chi connectivity index (χ1v) is 50.6. The van der Waals surface area contributed by atoms with Gasteiger partial charge in [-0.3, -0.25) is 14.4 Å². The zero-order valence-corrected chi connectivity index (χ0v) is 70.1. The fourth-order valence-electron chi connectivity index (χ4n) is 10.4. The maximum atomic E-state index is 12.7. The van der Waals surface area contributed by atoms with Crippen LogP contribution < -0.4 is 0 Å². The van der Waals surface area contributed by atoms with Crippen LogP contribution >= 0.6 is 47.0 Å². The highest BCUT2D eigenvalue weighted by Gasteiger charge is 2.49. The van der Waals surface area contributed by atoms with E-state index in [9.17, 15) is 14.4 Å². The van der Waals surface area contributed by atoms with Crippen LogP contribution in [0.1, 0.15) is 134 Å². The summed E-state index contributed by atoms with van der Waals surface area (Å²) in [4.78, 5) is 35.8. The zero-order chi connectivity index (χ0) is 71.1. The van der Waals surface area contributed by atoms with E-state index in [1.807, 2.05) is 17.8 Å². The molecule has 0 aliphatic heterocycles. The van der Waals surface area contributed by atoms with Crippen molar-refractivity contribution in [1.82, 2.24) is 0 Å². The van der Waals surface area contributed by atoms with Crippen LogP contribution in [0.15, 0.2) is 133 Å². The number of hydrogen-bond donors (Lipinski definition) is 0. The van der Waals surface area contributed by atoms with Gasteiger partial charge in [-0.05, 0) is 193 Å². The minimum Gasteiger partial charge on any atom is -0.546 e. The Labute approximate surface area is 597 Å². The van der Waals surface area contributed by atoms with Crippen molar-refractivity contribution < 1.29 is 41.6 Å². The Bertz CT molecular complexity index is 3280. The average Bonchev–Trinajstić information content (AvgIpc) is 1.69. The lowest BCUT2D eigenvalue weighted by Gasteiger charge is -2.44. The molecule has 6 rings (SSSR count). The third-order valence-corrected chi connectivity index (χ3v) is 43.5. The predicted octanol–water partition coefficient (Wildman–Crippen LogP) is 21.7. The first kappa shape index (κ1) is 82.6. The van der Waals surface area contributed by atoms with Gasteiger partial charge in [0.2, 0.25) is 8.32 Å². The molecule has 0 fully saturated rings. The summed E-state index contributed by atoms with van der Waals surface area (Å²) in [5.41, 5.74) is 1.74. The lowest BCUT2D eigenvalue weighted by Crippen LogP contribution is -2.48. The van der Waals surface area contributed by atoms with Gasteiger partial charge >= 0.3 is 11.9 Å². The number of carbonyl (C=O) groups is 3. The van der Waals surface area contributed by atoms with Crippen LogP contribution in [0.2, 0.25) is 72.5 Å². The normalized spacial score (nSPS) is 19.9. The van der Waals surface area contributed by atoms with Crippen LogP contribution in [0.3, 0.4) is 0 Å². The summed E-state index contributed by atoms with van der Waals surface area (Å²) in [6.45, 7) is 51.1. The molecule has 2 unspecified atom stereocenters. The van der Waals surface area contributed by atoms with Crippen LogP contribution in [0.25, 0.3) is 21.5 Å². The molecule has 0 radical (unpaired) electrons. The molecule has 2 aliphatic carbocycles. The van der Waals surface area contributed by atoms with Gasteiger partial charge in [-0.15, -0.1) is 23.5 Å². The zero-order valence-electron chi connectivity index (χ0n) is 62.8. The molecule has 0 saturated carbocycles. The maximum absolute atomic E-state index is 12.7. The predicted molar refractivity (Wildman–Crippen MR) is 426 cm³/mol. The van der Waals surface area contributed by atoms with Crippen molar-refractivity contribution in [2.45, 2.75) is 236 Å². The smallest absolute Gasteiger partial charge is 0.315 e. The Morgan fingerprint density at radius 3 is 1.34 bits per heavy atom. The molecule has 9 nitrogen and oxygen atoms in total. The van der Waals surface area contributed by atoms with Gasteiger partial charge in [0.05, 0.1) is 59.3 Å². The van der Waals surface area contributed by atoms with E-state index in [4.69, 9.17) is 27.2 Å². The maximum Gasteiger partial charge on any atom is 0.315 e. The van der Waals surface area contributed by atoms with Crippen molar-refractivity contribution in [1.29, 1.82) is 0 Å². The topological polar surface area (TPSA) is 107 Å². The van der Waals surface area contributed by atoms with E-state index >= 15 is 0 Å². The molecule has 528 valence electrons. The van der Waals surface area contributed by atoms with E-state index in [1.54, 1.807) is 41.4 Å². The van der Waals surface area contributed by atoms with Gasteiger partial charge in [-0.2, -0.15) is 23.5 Å². The van der Waals surface area contributed by atoms with Gasteiger partial charge in [-0.1, -0.05) is 198 Å². The number of rotatable bonds is 32. The van der Waals surface area contributed by atoms with E-state index in [0.29, 0.717) is 11.5 Å². The van der Waals surface area contributed by atoms with Crippen LogP contribution in [0.4, 0.5) is 0 Å². The number of fused-ring (bicyclic) bond motifs is 2. The lowest BCUT2D eigenvalue weighted by molar-refractivity contribution is -0.138. The number of ketones is 1. The number of carbonyl (C=O) groups excluding carboxylic acids is 3. The average molecular weight is 1440 g/mol. The minimum absolute atomic E-state index is 0.0585. The van der Waals surface area contributed by atoms with Crippen molar-refractivity contribution in [3.8, 4) is 0 Å². The number of esters is 2. The highest BCUT2D eigenvalue weighted by atomic mass is 32.2. The molecule has 0 N–H and O–H groups in total. The van der Waals surface area contributed by atoms with Crippen LogP contribution in [0, 0.1) is 11.8 Å². The largest absolute Gasteiger partial charge is 0.546 e. The SMILES string of the molecule is COC(=O)CSCCCS[C@H]1C(=O)C=C[C@@H]1/C=C/C(C)(CCc1ccc2ccccc2c1)O[Si](C)(C)C(C)(C)C.COC(=O)CSCCCS[C@H]1C(O[Si](C)(C)C(C)(C)C)=C[C@@H](O[Si](C)(C)C(C)(C)C)[C@@H]1/C=C/C(C)(CCc1ccc2ccccc2c1)O[Si](C)(C)C(C)(C)C. The number of methoxy groups -OCH3 is 2. The number of allylic oxidation sites excluding steroid dienone is 3. The van der Waals surface area contributed by atoms with Crippen LogP contribution in [-0.4, -0.2) is 128 Å². The molecule has 0 amide bonds. The van der Waals surface area contributed by atoms with E-state index in [-0.39, 0.29) is 66.3 Å². The molecule has 0 aromatic heterocycles. The van der Waals surface area contributed by atoms with Crippen molar-refractivity contribution in [2.75, 3.05) is 48.7 Å². The Balaban J connectivity index is 0.000000361. The second-order valence-corrected chi connectivity index (χ2v) is 56.3. The summed E-state index contributed by atoms with van der Waals surface area (Å²) in [5.74, 6) is 5.47. The molecule has 0 spiro atoms. The Hall–Kier alpha value is -3.08. The van der Waals surface area contributed by atoms with Crippen molar-refractivity contribution in [3.05, 3.63) is 144 Å². The second kappa shape index (κ2) is 35.0. The van der Waals surface area contributed by atoms with Crippen molar-refractivity contribution >= 4 is 120 Å². The lowest BCUT2D eigenvalue weighted by atomic mass is 9.93. The minimum atomic E-state index is -2.16. The van der Waals surface area contributed by atoms with Gasteiger partial charge in [0, 0.05) is 11.8 Å². The number of thioether (sulfide) groups is 4. The van der Waals surface area contributed by atoms with E-state index < -0.39 is 44.5 Å². The van der Waals surface area contributed by atoms with Gasteiger partial charge < -0.3 is 27.2 Å². The molecule has 0 heterocycles. The molecule has 17 heteroatoms. The van der Waals surface area contributed by atoms with Crippen LogP contribution in [-0.2, 0) is 54.4 Å². The molecular formula is C78H122O9S4Si4. The third-order valence-electron chi connectivity index (χ3n) is 20.6. The number of aryl methyl sites for hydroxylation is 2. The summed E-state index contributed by atoms with van der Waals surface area (Å²) in [6, 6.07) is 30.7. The van der Waals surface area contributed by atoms with Gasteiger partial charge in [0.1, 0.15) is 0 Å². The quantitative estimate of drug-likeness (QED) is 0.0201. The van der Waals surface area contributed by atoms with Gasteiger partial charge in [0.15, 0.2) is 30.7 Å². The summed E-state index contributed by atoms with van der Waals surface area (Å²) in [5, 5.41) is 5.39. The highest BCUT2D eigenvalue weighted by molar-refractivity contribution is 8.01. The standard InChI is InChI=1S/C45H76O5S2Si3.C33H46O4S2Si/c1-42(2,3)53(12,13)48-38-32-39(49-54(14,15)43(4,5)6)41(52-30-20-29-51-33-40(46)47-11)37(38)26-28-45(10,50-55(16,17)44(7,8)9)27-25-34-23-24-35-21-18-19-22-36(35)31-34;1-32(2,3)40(6,7)37-33(4,19-17-25-13-14-26-11-8-9-12-28(26)23-25)20-18-27-15-16-29(34)31(27)39-22-10-21-38-24-30(35)36-5/h18-19,21-24,26,28,31-32,37-38,41H,20,25,27,29-30,33H2,1-17H3;8-9,11-16,18,20,23,27,31H,10,17,19,21-22,24H2,1-7H3/b28-26+;20-18+/t37-,38+,41+,45?;27-,31-,33?/m01/s1. The van der Waals surface area contributed by atoms with Gasteiger partial charge in [0.25, 0.3) is 0 Å².